The highest BCUT2D eigenvalue weighted by Crippen LogP contribution is 2.23. The van der Waals surface area contributed by atoms with Gasteiger partial charge in [-0.3, -0.25) is 4.79 Å². The molecule has 1 fully saturated rings. The first-order valence-electron chi connectivity index (χ1n) is 7.17. The van der Waals surface area contributed by atoms with Crippen LogP contribution in [0.4, 0.5) is 0 Å². The molecule has 0 aliphatic carbocycles. The molecule has 4 nitrogen and oxygen atoms in total. The van der Waals surface area contributed by atoms with Crippen molar-refractivity contribution in [3.05, 3.63) is 24.3 Å². The molecule has 0 aromatic heterocycles. The summed E-state index contributed by atoms with van der Waals surface area (Å²) in [6.45, 7) is 1.92. The van der Waals surface area contributed by atoms with Crippen molar-refractivity contribution in [3.8, 4) is 11.5 Å². The lowest BCUT2D eigenvalue weighted by Crippen LogP contribution is -2.24. The fraction of sp³-hybridized carbons (Fsp3) is 0.562. The highest BCUT2D eigenvalue weighted by molar-refractivity contribution is 5.69. The largest absolute Gasteiger partial charge is 0.497 e. The number of rotatable bonds is 3. The maximum Gasteiger partial charge on any atom is 0.306 e. The minimum atomic E-state index is -0.0948. The molecule has 20 heavy (non-hydrogen) atoms. The van der Waals surface area contributed by atoms with Crippen LogP contribution in [0.1, 0.15) is 39.0 Å². The van der Waals surface area contributed by atoms with Gasteiger partial charge < -0.3 is 14.2 Å². The monoisotopic (exact) mass is 278 g/mol. The minimum Gasteiger partial charge on any atom is -0.497 e. The van der Waals surface area contributed by atoms with E-state index >= 15 is 0 Å². The van der Waals surface area contributed by atoms with Crippen LogP contribution in [0, 0.1) is 0 Å². The zero-order chi connectivity index (χ0) is 14.4. The topological polar surface area (TPSA) is 44.8 Å². The van der Waals surface area contributed by atoms with Crippen molar-refractivity contribution < 1.29 is 19.0 Å². The average Bonchev–Trinajstić information content (AvgIpc) is 2.50. The molecule has 2 unspecified atom stereocenters. The fourth-order valence-corrected chi connectivity index (χ4v) is 2.41. The Morgan fingerprint density at radius 3 is 2.55 bits per heavy atom. The van der Waals surface area contributed by atoms with Gasteiger partial charge in [-0.25, -0.2) is 0 Å². The molecule has 0 radical (unpaired) electrons. The van der Waals surface area contributed by atoms with E-state index in [0.717, 1.165) is 37.2 Å². The molecule has 0 N–H and O–H groups in total. The number of carbonyl (C=O) groups is 1. The summed E-state index contributed by atoms with van der Waals surface area (Å²) >= 11 is 0. The minimum absolute atomic E-state index is 0.0873. The highest BCUT2D eigenvalue weighted by Gasteiger charge is 2.20. The molecule has 1 aliphatic heterocycles. The van der Waals surface area contributed by atoms with Gasteiger partial charge in [-0.15, -0.1) is 0 Å². The molecule has 0 saturated carbocycles. The summed E-state index contributed by atoms with van der Waals surface area (Å²) in [5.41, 5.74) is 0. The van der Waals surface area contributed by atoms with Crippen LogP contribution in [-0.4, -0.2) is 25.3 Å². The molecule has 110 valence electrons. The van der Waals surface area contributed by atoms with Crippen LogP contribution < -0.4 is 9.47 Å². The van der Waals surface area contributed by atoms with Crippen molar-refractivity contribution in [1.82, 2.24) is 0 Å². The standard InChI is InChI=1S/C16H22O4/c1-12-11-15(5-3-4-6-16(17)19-12)20-14-9-7-13(18-2)8-10-14/h7-10,12,15H,3-6,11H2,1-2H3. The van der Waals surface area contributed by atoms with Crippen LogP contribution in [0.2, 0.25) is 0 Å². The molecular weight excluding hydrogens is 256 g/mol. The SMILES string of the molecule is COc1ccc(OC2CCCCC(=O)OC(C)C2)cc1. The summed E-state index contributed by atoms with van der Waals surface area (Å²) < 4.78 is 16.5. The zero-order valence-electron chi connectivity index (χ0n) is 12.1. The van der Waals surface area contributed by atoms with E-state index in [2.05, 4.69) is 0 Å². The first-order valence-corrected chi connectivity index (χ1v) is 7.17. The molecule has 0 spiro atoms. The van der Waals surface area contributed by atoms with Gasteiger partial charge in [0.1, 0.15) is 23.7 Å². The first kappa shape index (κ1) is 14.7. The quantitative estimate of drug-likeness (QED) is 0.795. The lowest BCUT2D eigenvalue weighted by atomic mass is 10.1. The van der Waals surface area contributed by atoms with E-state index in [-0.39, 0.29) is 18.2 Å². The highest BCUT2D eigenvalue weighted by atomic mass is 16.5. The van der Waals surface area contributed by atoms with E-state index in [1.54, 1.807) is 7.11 Å². The van der Waals surface area contributed by atoms with Gasteiger partial charge in [-0.05, 0) is 50.5 Å². The van der Waals surface area contributed by atoms with Crippen LogP contribution in [-0.2, 0) is 9.53 Å². The Hall–Kier alpha value is -1.71. The van der Waals surface area contributed by atoms with Gasteiger partial charge in [0, 0.05) is 12.8 Å². The molecule has 4 heteroatoms. The normalized spacial score (nSPS) is 24.0. The third kappa shape index (κ3) is 4.44. The summed E-state index contributed by atoms with van der Waals surface area (Å²) in [5.74, 6) is 1.55. The van der Waals surface area contributed by atoms with Crippen molar-refractivity contribution in [3.63, 3.8) is 0 Å². The molecular formula is C16H22O4. The van der Waals surface area contributed by atoms with Crippen LogP contribution in [0.15, 0.2) is 24.3 Å². The number of benzene rings is 1. The number of hydrogen-bond donors (Lipinski definition) is 0. The molecule has 2 rings (SSSR count). The molecule has 1 aromatic carbocycles. The predicted molar refractivity (Wildman–Crippen MR) is 76.0 cm³/mol. The second kappa shape index (κ2) is 7.17. The summed E-state index contributed by atoms with van der Waals surface area (Å²) in [6.07, 6.45) is 4.05. The number of ether oxygens (including phenoxy) is 3. The number of cyclic esters (lactones) is 1. The number of methoxy groups -OCH3 is 1. The smallest absolute Gasteiger partial charge is 0.306 e. The summed E-state index contributed by atoms with van der Waals surface area (Å²) in [6, 6.07) is 7.58. The molecule has 2 atom stereocenters. The Bertz CT molecular complexity index is 427. The summed E-state index contributed by atoms with van der Waals surface area (Å²) in [4.78, 5) is 11.5. The van der Waals surface area contributed by atoms with E-state index in [4.69, 9.17) is 14.2 Å². The van der Waals surface area contributed by atoms with Crippen LogP contribution >= 0.6 is 0 Å². The van der Waals surface area contributed by atoms with E-state index in [1.165, 1.54) is 0 Å². The fourth-order valence-electron chi connectivity index (χ4n) is 2.41. The van der Waals surface area contributed by atoms with Gasteiger partial charge in [0.15, 0.2) is 0 Å². The van der Waals surface area contributed by atoms with Crippen molar-refractivity contribution >= 4 is 5.97 Å². The van der Waals surface area contributed by atoms with E-state index in [9.17, 15) is 4.79 Å². The van der Waals surface area contributed by atoms with Crippen molar-refractivity contribution in [2.45, 2.75) is 51.2 Å². The van der Waals surface area contributed by atoms with Crippen LogP contribution in [0.3, 0.4) is 0 Å². The zero-order valence-corrected chi connectivity index (χ0v) is 12.1. The number of hydrogen-bond acceptors (Lipinski definition) is 4. The summed E-state index contributed by atoms with van der Waals surface area (Å²) in [5, 5.41) is 0. The Kier molecular flexibility index (Phi) is 5.27. The van der Waals surface area contributed by atoms with Crippen LogP contribution in [0.5, 0.6) is 11.5 Å². The van der Waals surface area contributed by atoms with Crippen molar-refractivity contribution in [2.24, 2.45) is 0 Å². The third-order valence-corrected chi connectivity index (χ3v) is 3.45. The average molecular weight is 278 g/mol. The van der Waals surface area contributed by atoms with E-state index in [1.807, 2.05) is 31.2 Å². The molecule has 1 heterocycles. The second-order valence-electron chi connectivity index (χ2n) is 5.20. The van der Waals surface area contributed by atoms with Gasteiger partial charge in [-0.2, -0.15) is 0 Å². The Morgan fingerprint density at radius 2 is 1.85 bits per heavy atom. The summed E-state index contributed by atoms with van der Waals surface area (Å²) in [7, 11) is 1.64. The van der Waals surface area contributed by atoms with Crippen molar-refractivity contribution in [2.75, 3.05) is 7.11 Å². The lowest BCUT2D eigenvalue weighted by Gasteiger charge is -2.21. The first-order chi connectivity index (χ1) is 9.67. The van der Waals surface area contributed by atoms with Gasteiger partial charge >= 0.3 is 5.97 Å². The maximum atomic E-state index is 11.5. The van der Waals surface area contributed by atoms with Gasteiger partial charge in [0.05, 0.1) is 7.11 Å². The Labute approximate surface area is 120 Å². The maximum absolute atomic E-state index is 11.5. The van der Waals surface area contributed by atoms with E-state index in [0.29, 0.717) is 6.42 Å². The van der Waals surface area contributed by atoms with Gasteiger partial charge in [0.25, 0.3) is 0 Å². The predicted octanol–water partition coefficient (Wildman–Crippen LogP) is 3.34. The molecule has 1 aliphatic rings. The third-order valence-electron chi connectivity index (χ3n) is 3.45. The molecule has 0 bridgehead atoms. The molecule has 1 aromatic rings. The van der Waals surface area contributed by atoms with E-state index < -0.39 is 0 Å². The van der Waals surface area contributed by atoms with Gasteiger partial charge in [0.2, 0.25) is 0 Å². The second-order valence-corrected chi connectivity index (χ2v) is 5.20. The lowest BCUT2D eigenvalue weighted by molar-refractivity contribution is -0.148. The Balaban J connectivity index is 1.96. The van der Waals surface area contributed by atoms with Gasteiger partial charge in [-0.1, -0.05) is 0 Å². The molecule has 1 saturated heterocycles. The molecule has 0 amide bonds. The number of esters is 1. The van der Waals surface area contributed by atoms with Crippen molar-refractivity contribution in [1.29, 1.82) is 0 Å². The number of carbonyl (C=O) groups excluding carboxylic acids is 1. The van der Waals surface area contributed by atoms with Crippen LogP contribution in [0.25, 0.3) is 0 Å². The Morgan fingerprint density at radius 1 is 1.15 bits per heavy atom.